The zero-order valence-corrected chi connectivity index (χ0v) is 11.7. The molecule has 0 saturated carbocycles. The maximum atomic E-state index is 11.9. The number of hydrogen-bond acceptors (Lipinski definition) is 3. The molecule has 0 bridgehead atoms. The van der Waals surface area contributed by atoms with Crippen molar-refractivity contribution in [1.29, 1.82) is 0 Å². The van der Waals surface area contributed by atoms with Crippen LogP contribution in [0.15, 0.2) is 36.4 Å². The van der Waals surface area contributed by atoms with E-state index in [9.17, 15) is 4.79 Å². The van der Waals surface area contributed by atoms with Crippen LogP contribution in [0.1, 0.15) is 10.4 Å². The van der Waals surface area contributed by atoms with Crippen molar-refractivity contribution in [3.63, 3.8) is 0 Å². The molecule has 19 heavy (non-hydrogen) atoms. The molecule has 0 aliphatic carbocycles. The van der Waals surface area contributed by atoms with E-state index in [-0.39, 0.29) is 0 Å². The van der Waals surface area contributed by atoms with E-state index >= 15 is 0 Å². The van der Waals surface area contributed by atoms with Gasteiger partial charge in [-0.15, -0.1) is 0 Å². The molecule has 0 fully saturated rings. The highest BCUT2D eigenvalue weighted by atomic mass is 35.6. The van der Waals surface area contributed by atoms with E-state index in [1.54, 1.807) is 12.1 Å². The lowest BCUT2D eigenvalue weighted by molar-refractivity contribution is -0.0571. The maximum absolute atomic E-state index is 11.9. The molecule has 98 valence electrons. The van der Waals surface area contributed by atoms with Gasteiger partial charge in [0, 0.05) is 0 Å². The molecule has 0 N–H and O–H groups in total. The summed E-state index contributed by atoms with van der Waals surface area (Å²) in [5, 5.41) is 1.84. The van der Waals surface area contributed by atoms with Crippen molar-refractivity contribution in [3.8, 4) is 5.75 Å². The maximum Gasteiger partial charge on any atom is 0.345 e. The number of benzene rings is 2. The second-order valence-corrected chi connectivity index (χ2v) is 6.46. The van der Waals surface area contributed by atoms with Crippen LogP contribution in [-0.4, -0.2) is 16.1 Å². The van der Waals surface area contributed by atoms with Crippen LogP contribution in [0, 0.1) is 0 Å². The van der Waals surface area contributed by atoms with Gasteiger partial charge in [-0.2, -0.15) is 0 Å². The molecule has 0 saturated heterocycles. The largest absolute Gasteiger partial charge is 0.449 e. The van der Waals surface area contributed by atoms with Gasteiger partial charge in [-0.3, -0.25) is 0 Å². The van der Waals surface area contributed by atoms with Crippen molar-refractivity contribution in [2.45, 2.75) is 10.1 Å². The third-order valence-electron chi connectivity index (χ3n) is 2.78. The summed E-state index contributed by atoms with van der Waals surface area (Å²) in [6.07, 6.45) is -1.25. The lowest BCUT2D eigenvalue weighted by atomic mass is 10.1. The van der Waals surface area contributed by atoms with Gasteiger partial charge in [0.25, 0.3) is 10.1 Å². The summed E-state index contributed by atoms with van der Waals surface area (Å²) in [4.78, 5) is 11.9. The first-order valence-corrected chi connectivity index (χ1v) is 6.56. The molecule has 1 atom stereocenters. The summed E-state index contributed by atoms with van der Waals surface area (Å²) in [6, 6.07) is 11.0. The van der Waals surface area contributed by atoms with Gasteiger partial charge in [-0.25, -0.2) is 4.79 Å². The molecule has 2 aromatic carbocycles. The fraction of sp³-hybridized carbons (Fsp3) is 0.154. The number of hydrogen-bond donors (Lipinski definition) is 0. The molecule has 1 aliphatic rings. The van der Waals surface area contributed by atoms with Crippen molar-refractivity contribution >= 4 is 51.5 Å². The van der Waals surface area contributed by atoms with E-state index in [2.05, 4.69) is 0 Å². The summed E-state index contributed by atoms with van der Waals surface area (Å²) in [5.74, 6) is -0.213. The average Bonchev–Trinajstić information content (AvgIpc) is 2.35. The molecule has 1 heterocycles. The molecule has 2 aromatic rings. The van der Waals surface area contributed by atoms with Gasteiger partial charge in [-0.1, -0.05) is 59.1 Å². The van der Waals surface area contributed by atoms with Crippen LogP contribution >= 0.6 is 34.8 Å². The standard InChI is InChI=1S/C13H7Cl3O3/c14-13(15,16)12-18-10-6-8-4-2-1-3-7(8)5-9(10)11(17)19-12/h1-6,12H/t12-/m0/s1. The van der Waals surface area contributed by atoms with Crippen LogP contribution in [0.4, 0.5) is 0 Å². The van der Waals surface area contributed by atoms with Crippen LogP contribution in [0.3, 0.4) is 0 Å². The Kier molecular flexibility index (Phi) is 3.01. The number of cyclic esters (lactones) is 1. The summed E-state index contributed by atoms with van der Waals surface area (Å²) in [6.45, 7) is 0. The van der Waals surface area contributed by atoms with Gasteiger partial charge in [0.2, 0.25) is 0 Å². The highest BCUT2D eigenvalue weighted by Crippen LogP contribution is 2.39. The Morgan fingerprint density at radius 3 is 2.26 bits per heavy atom. The topological polar surface area (TPSA) is 35.5 Å². The Hall–Kier alpha value is -1.16. The highest BCUT2D eigenvalue weighted by Gasteiger charge is 2.42. The number of ether oxygens (including phenoxy) is 2. The van der Waals surface area contributed by atoms with Crippen molar-refractivity contribution in [3.05, 3.63) is 42.0 Å². The number of carbonyl (C=O) groups excluding carboxylic acids is 1. The smallest absolute Gasteiger partial charge is 0.345 e. The Labute approximate surface area is 124 Å². The first kappa shape index (κ1) is 12.9. The molecular weight excluding hydrogens is 310 g/mol. The number of esters is 1. The van der Waals surface area contributed by atoms with E-state index in [1.807, 2.05) is 24.3 Å². The number of fused-ring (bicyclic) bond motifs is 2. The first-order valence-electron chi connectivity index (χ1n) is 5.42. The highest BCUT2D eigenvalue weighted by molar-refractivity contribution is 6.68. The molecule has 1 aliphatic heterocycles. The van der Waals surface area contributed by atoms with Gasteiger partial charge in [0.15, 0.2) is 0 Å². The second-order valence-electron chi connectivity index (χ2n) is 4.09. The number of alkyl halides is 3. The van der Waals surface area contributed by atoms with Gasteiger partial charge >= 0.3 is 5.97 Å². The van der Waals surface area contributed by atoms with Crippen LogP contribution in [-0.2, 0) is 4.74 Å². The lowest BCUT2D eigenvalue weighted by Crippen LogP contribution is -2.39. The average molecular weight is 318 g/mol. The third-order valence-corrected chi connectivity index (χ3v) is 3.32. The summed E-state index contributed by atoms with van der Waals surface area (Å²) < 4.78 is 8.57. The number of rotatable bonds is 0. The van der Waals surface area contributed by atoms with Gasteiger partial charge in [0.05, 0.1) is 0 Å². The fourth-order valence-electron chi connectivity index (χ4n) is 1.91. The minimum absolute atomic E-state index is 0.323. The molecule has 0 radical (unpaired) electrons. The second kappa shape index (κ2) is 4.44. The van der Waals surface area contributed by atoms with E-state index < -0.39 is 16.1 Å². The molecule has 0 amide bonds. The summed E-state index contributed by atoms with van der Waals surface area (Å²) in [5.41, 5.74) is 0.323. The summed E-state index contributed by atoms with van der Waals surface area (Å²) >= 11 is 17.1. The van der Waals surface area contributed by atoms with Crippen molar-refractivity contribution in [2.75, 3.05) is 0 Å². The molecule has 3 nitrogen and oxygen atoms in total. The van der Waals surface area contributed by atoms with Gasteiger partial charge in [0.1, 0.15) is 11.3 Å². The lowest BCUT2D eigenvalue weighted by Gasteiger charge is -2.29. The molecule has 0 unspecified atom stereocenters. The first-order chi connectivity index (χ1) is 8.95. The Morgan fingerprint density at radius 2 is 1.63 bits per heavy atom. The van der Waals surface area contributed by atoms with Crippen LogP contribution in [0.25, 0.3) is 10.8 Å². The molecule has 3 rings (SSSR count). The zero-order chi connectivity index (χ0) is 13.6. The summed E-state index contributed by atoms with van der Waals surface area (Å²) in [7, 11) is 0. The van der Waals surface area contributed by atoms with E-state index in [1.165, 1.54) is 0 Å². The van der Waals surface area contributed by atoms with Crippen LogP contribution in [0.5, 0.6) is 5.75 Å². The Bertz CT molecular complexity index is 664. The third kappa shape index (κ3) is 2.34. The monoisotopic (exact) mass is 316 g/mol. The number of halogens is 3. The minimum atomic E-state index is -1.83. The number of carbonyl (C=O) groups is 1. The van der Waals surface area contributed by atoms with Gasteiger partial charge < -0.3 is 9.47 Å². The zero-order valence-electron chi connectivity index (χ0n) is 9.40. The molecule has 6 heteroatoms. The Morgan fingerprint density at radius 1 is 1.00 bits per heavy atom. The van der Waals surface area contributed by atoms with Gasteiger partial charge in [-0.05, 0) is 22.9 Å². The molecular formula is C13H7Cl3O3. The fourth-order valence-corrected chi connectivity index (χ4v) is 2.18. The van der Waals surface area contributed by atoms with Crippen molar-refractivity contribution in [1.82, 2.24) is 0 Å². The van der Waals surface area contributed by atoms with E-state index in [4.69, 9.17) is 44.3 Å². The van der Waals surface area contributed by atoms with Crippen molar-refractivity contribution in [2.24, 2.45) is 0 Å². The predicted octanol–water partition coefficient (Wildman–Crippen LogP) is 4.09. The van der Waals surface area contributed by atoms with Crippen LogP contribution in [0.2, 0.25) is 0 Å². The molecule has 0 spiro atoms. The quantitative estimate of drug-likeness (QED) is 0.542. The minimum Gasteiger partial charge on any atom is -0.449 e. The predicted molar refractivity (Wildman–Crippen MR) is 74.1 cm³/mol. The SMILES string of the molecule is O=C1O[C@@H](C(Cl)(Cl)Cl)Oc2cc3ccccc3cc21. The van der Waals surface area contributed by atoms with E-state index in [0.717, 1.165) is 10.8 Å². The molecule has 0 aromatic heterocycles. The van der Waals surface area contributed by atoms with Crippen LogP contribution < -0.4 is 4.74 Å². The normalized spacial score (nSPS) is 18.7. The van der Waals surface area contributed by atoms with E-state index in [0.29, 0.717) is 11.3 Å². The van der Waals surface area contributed by atoms with Crippen molar-refractivity contribution < 1.29 is 14.3 Å². The Balaban J connectivity index is 2.12.